The van der Waals surface area contributed by atoms with Crippen molar-refractivity contribution in [1.82, 2.24) is 9.78 Å². The molecule has 92 valence electrons. The van der Waals surface area contributed by atoms with E-state index in [4.69, 9.17) is 0 Å². The summed E-state index contributed by atoms with van der Waals surface area (Å²) in [4.78, 5) is 0.962. The molecule has 0 aromatic carbocycles. The molecule has 0 aliphatic rings. The lowest BCUT2D eigenvalue weighted by Crippen LogP contribution is -2.16. The van der Waals surface area contributed by atoms with E-state index in [0.29, 0.717) is 0 Å². The predicted molar refractivity (Wildman–Crippen MR) is 70.3 cm³/mol. The van der Waals surface area contributed by atoms with E-state index in [1.165, 1.54) is 0 Å². The summed E-state index contributed by atoms with van der Waals surface area (Å²) < 4.78 is 1.77. The lowest BCUT2D eigenvalue weighted by molar-refractivity contribution is 0.221. The van der Waals surface area contributed by atoms with Crippen molar-refractivity contribution in [3.8, 4) is 0 Å². The molecule has 17 heavy (non-hydrogen) atoms. The van der Waals surface area contributed by atoms with Gasteiger partial charge in [0.05, 0.1) is 5.69 Å². The second-order valence-electron chi connectivity index (χ2n) is 5.27. The third kappa shape index (κ3) is 2.42. The van der Waals surface area contributed by atoms with Crippen LogP contribution in [0.25, 0.3) is 0 Å². The van der Waals surface area contributed by atoms with Gasteiger partial charge in [0.1, 0.15) is 6.10 Å². The fourth-order valence-corrected chi connectivity index (χ4v) is 2.62. The van der Waals surface area contributed by atoms with E-state index < -0.39 is 6.10 Å². The van der Waals surface area contributed by atoms with Crippen LogP contribution in [0.1, 0.15) is 43.0 Å². The van der Waals surface area contributed by atoms with Crippen molar-refractivity contribution in [2.75, 3.05) is 0 Å². The second-order valence-corrected chi connectivity index (χ2v) is 6.25. The Labute approximate surface area is 106 Å². The van der Waals surface area contributed by atoms with Crippen LogP contribution in [-0.4, -0.2) is 14.9 Å². The molecule has 0 fully saturated rings. The molecule has 0 aliphatic heterocycles. The molecule has 0 radical (unpaired) electrons. The van der Waals surface area contributed by atoms with Crippen molar-refractivity contribution < 1.29 is 5.11 Å². The lowest BCUT2D eigenvalue weighted by Gasteiger charge is -2.19. The molecule has 2 aromatic heterocycles. The molecule has 1 atom stereocenters. The van der Waals surface area contributed by atoms with E-state index in [1.54, 1.807) is 16.0 Å². The van der Waals surface area contributed by atoms with Crippen LogP contribution in [0.2, 0.25) is 0 Å². The molecule has 3 nitrogen and oxygen atoms in total. The first-order valence-electron chi connectivity index (χ1n) is 5.65. The van der Waals surface area contributed by atoms with E-state index in [0.717, 1.165) is 16.1 Å². The van der Waals surface area contributed by atoms with E-state index in [1.807, 2.05) is 30.8 Å². The third-order valence-electron chi connectivity index (χ3n) is 2.67. The molecular weight excluding hydrogens is 232 g/mol. The maximum Gasteiger partial charge on any atom is 0.116 e. The smallest absolute Gasteiger partial charge is 0.116 e. The Balaban J connectivity index is 2.45. The highest BCUT2D eigenvalue weighted by Gasteiger charge is 2.26. The minimum absolute atomic E-state index is 0.0607. The van der Waals surface area contributed by atoms with Gasteiger partial charge >= 0.3 is 0 Å². The highest BCUT2D eigenvalue weighted by Crippen LogP contribution is 2.33. The number of aromatic nitrogens is 2. The Bertz CT molecular complexity index is 494. The number of aliphatic hydroxyl groups is 1. The quantitative estimate of drug-likeness (QED) is 0.890. The van der Waals surface area contributed by atoms with Gasteiger partial charge in [-0.2, -0.15) is 5.10 Å². The Morgan fingerprint density at radius 2 is 2.12 bits per heavy atom. The molecule has 2 rings (SSSR count). The first-order valence-corrected chi connectivity index (χ1v) is 6.53. The van der Waals surface area contributed by atoms with Crippen LogP contribution >= 0.6 is 11.3 Å². The highest BCUT2D eigenvalue weighted by molar-refractivity contribution is 7.10. The number of nitrogens with zero attached hydrogens (tertiary/aromatic N) is 2. The summed E-state index contributed by atoms with van der Waals surface area (Å²) in [6, 6.07) is 3.91. The van der Waals surface area contributed by atoms with Gasteiger partial charge in [0, 0.05) is 29.1 Å². The molecular formula is C13H18N2OS. The molecule has 1 N–H and O–H groups in total. The standard InChI is InChI=1S/C13H18N2OS/c1-13(2,3)12-9(8-15(4)14-12)11(16)10-6-5-7-17-10/h5-8,11,16H,1-4H3. The maximum absolute atomic E-state index is 10.4. The fraction of sp³-hybridized carbons (Fsp3) is 0.462. The van der Waals surface area contributed by atoms with Crippen LogP contribution in [0.5, 0.6) is 0 Å². The van der Waals surface area contributed by atoms with Crippen LogP contribution in [0.15, 0.2) is 23.7 Å². The summed E-state index contributed by atoms with van der Waals surface area (Å²) in [5, 5.41) is 16.8. The molecule has 0 spiro atoms. The summed E-state index contributed by atoms with van der Waals surface area (Å²) in [5.74, 6) is 0. The molecule has 0 amide bonds. The van der Waals surface area contributed by atoms with Crippen LogP contribution < -0.4 is 0 Å². The molecule has 2 aromatic rings. The molecule has 0 saturated carbocycles. The van der Waals surface area contributed by atoms with Gasteiger partial charge in [-0.25, -0.2) is 0 Å². The van der Waals surface area contributed by atoms with Gasteiger partial charge in [-0.1, -0.05) is 26.8 Å². The second kappa shape index (κ2) is 4.27. The van der Waals surface area contributed by atoms with Crippen LogP contribution in [0.3, 0.4) is 0 Å². The largest absolute Gasteiger partial charge is 0.383 e. The third-order valence-corrected chi connectivity index (χ3v) is 3.60. The van der Waals surface area contributed by atoms with Crippen molar-refractivity contribution in [1.29, 1.82) is 0 Å². The van der Waals surface area contributed by atoms with E-state index in [2.05, 4.69) is 25.9 Å². The molecule has 0 saturated heterocycles. The molecule has 0 aliphatic carbocycles. The zero-order valence-electron chi connectivity index (χ0n) is 10.6. The summed E-state index contributed by atoms with van der Waals surface area (Å²) in [5.41, 5.74) is 1.80. The lowest BCUT2D eigenvalue weighted by atomic mass is 9.88. The van der Waals surface area contributed by atoms with Crippen LogP contribution in [-0.2, 0) is 12.5 Å². The van der Waals surface area contributed by atoms with E-state index >= 15 is 0 Å². The number of aliphatic hydroxyl groups excluding tert-OH is 1. The van der Waals surface area contributed by atoms with Crippen molar-refractivity contribution in [2.24, 2.45) is 7.05 Å². The average Bonchev–Trinajstić information content (AvgIpc) is 2.83. The van der Waals surface area contributed by atoms with Gasteiger partial charge in [0.15, 0.2) is 0 Å². The van der Waals surface area contributed by atoms with Crippen molar-refractivity contribution >= 4 is 11.3 Å². The van der Waals surface area contributed by atoms with Crippen molar-refractivity contribution in [3.05, 3.63) is 39.8 Å². The van der Waals surface area contributed by atoms with Crippen molar-refractivity contribution in [3.63, 3.8) is 0 Å². The number of aryl methyl sites for hydroxylation is 1. The van der Waals surface area contributed by atoms with Crippen LogP contribution in [0, 0.1) is 0 Å². The average molecular weight is 250 g/mol. The minimum Gasteiger partial charge on any atom is -0.383 e. The maximum atomic E-state index is 10.4. The van der Waals surface area contributed by atoms with Gasteiger partial charge in [-0.3, -0.25) is 4.68 Å². The molecule has 2 heterocycles. The Kier molecular flexibility index (Phi) is 3.10. The highest BCUT2D eigenvalue weighted by atomic mass is 32.1. The molecule has 4 heteroatoms. The monoisotopic (exact) mass is 250 g/mol. The van der Waals surface area contributed by atoms with Gasteiger partial charge in [-0.05, 0) is 11.4 Å². The summed E-state index contributed by atoms with van der Waals surface area (Å²) in [6.07, 6.45) is 1.34. The summed E-state index contributed by atoms with van der Waals surface area (Å²) in [6.45, 7) is 6.33. The zero-order valence-corrected chi connectivity index (χ0v) is 11.5. The SMILES string of the molecule is Cn1cc(C(O)c2cccs2)c(C(C)(C)C)n1. The predicted octanol–water partition coefficient (Wildman–Crippen LogP) is 2.86. The number of hydrogen-bond acceptors (Lipinski definition) is 3. The summed E-state index contributed by atoms with van der Waals surface area (Å²) in [7, 11) is 1.89. The minimum atomic E-state index is -0.571. The Morgan fingerprint density at radius 1 is 1.41 bits per heavy atom. The molecule has 0 bridgehead atoms. The van der Waals surface area contributed by atoms with Gasteiger partial charge in [0.2, 0.25) is 0 Å². The van der Waals surface area contributed by atoms with Crippen LogP contribution in [0.4, 0.5) is 0 Å². The van der Waals surface area contributed by atoms with E-state index in [9.17, 15) is 5.11 Å². The fourth-order valence-electron chi connectivity index (χ4n) is 1.89. The van der Waals surface area contributed by atoms with Gasteiger partial charge in [-0.15, -0.1) is 11.3 Å². The normalized spacial score (nSPS) is 13.9. The first-order chi connectivity index (χ1) is 7.89. The Morgan fingerprint density at radius 3 is 2.65 bits per heavy atom. The van der Waals surface area contributed by atoms with E-state index in [-0.39, 0.29) is 5.41 Å². The van der Waals surface area contributed by atoms with Crippen molar-refractivity contribution in [2.45, 2.75) is 32.3 Å². The van der Waals surface area contributed by atoms with Gasteiger partial charge in [0.25, 0.3) is 0 Å². The molecule has 1 unspecified atom stereocenters. The first kappa shape index (κ1) is 12.3. The number of rotatable bonds is 2. The number of hydrogen-bond donors (Lipinski definition) is 1. The number of thiophene rings is 1. The summed E-state index contributed by atoms with van der Waals surface area (Å²) >= 11 is 1.57. The Hall–Kier alpha value is -1.13. The topological polar surface area (TPSA) is 38.0 Å². The zero-order chi connectivity index (χ0) is 12.6. The van der Waals surface area contributed by atoms with Gasteiger partial charge < -0.3 is 5.11 Å².